The lowest BCUT2D eigenvalue weighted by Crippen LogP contribution is -2.35. The van der Waals surface area contributed by atoms with Gasteiger partial charge in [-0.2, -0.15) is 0 Å². The van der Waals surface area contributed by atoms with E-state index in [9.17, 15) is 0 Å². The number of hydrogen-bond acceptors (Lipinski definition) is 4. The van der Waals surface area contributed by atoms with E-state index in [4.69, 9.17) is 15.9 Å². The van der Waals surface area contributed by atoms with Gasteiger partial charge in [0.2, 0.25) is 0 Å². The minimum absolute atomic E-state index is 0.264. The van der Waals surface area contributed by atoms with E-state index in [-0.39, 0.29) is 6.61 Å². The monoisotopic (exact) mass is 120 g/mol. The SMILES string of the molecule is NCCNC(O)CO. The Morgan fingerprint density at radius 3 is 2.62 bits per heavy atom. The van der Waals surface area contributed by atoms with E-state index < -0.39 is 6.23 Å². The number of aliphatic hydroxyl groups excluding tert-OH is 2. The molecule has 0 rings (SSSR count). The van der Waals surface area contributed by atoms with Gasteiger partial charge >= 0.3 is 0 Å². The van der Waals surface area contributed by atoms with Crippen molar-refractivity contribution in [2.45, 2.75) is 6.23 Å². The average Bonchev–Trinajstić information content (AvgIpc) is 1.83. The van der Waals surface area contributed by atoms with E-state index in [1.807, 2.05) is 0 Å². The average molecular weight is 120 g/mol. The first-order valence-corrected chi connectivity index (χ1v) is 2.53. The summed E-state index contributed by atoms with van der Waals surface area (Å²) in [5.74, 6) is 0. The molecular weight excluding hydrogens is 108 g/mol. The molecule has 0 saturated carbocycles. The highest BCUT2D eigenvalue weighted by Gasteiger charge is 1.95. The first-order chi connectivity index (χ1) is 3.81. The molecule has 0 aromatic carbocycles. The van der Waals surface area contributed by atoms with Gasteiger partial charge in [0.1, 0.15) is 6.23 Å². The van der Waals surface area contributed by atoms with Crippen LogP contribution >= 0.6 is 0 Å². The molecule has 0 radical (unpaired) electrons. The smallest absolute Gasteiger partial charge is 0.128 e. The van der Waals surface area contributed by atoms with Crippen LogP contribution in [0.5, 0.6) is 0 Å². The molecule has 8 heavy (non-hydrogen) atoms. The van der Waals surface area contributed by atoms with Crippen molar-refractivity contribution in [3.63, 3.8) is 0 Å². The van der Waals surface area contributed by atoms with Crippen LogP contribution in [0.15, 0.2) is 0 Å². The van der Waals surface area contributed by atoms with E-state index in [1.54, 1.807) is 0 Å². The molecule has 1 atom stereocenters. The van der Waals surface area contributed by atoms with Crippen LogP contribution in [-0.4, -0.2) is 36.1 Å². The fourth-order valence-corrected chi connectivity index (χ4v) is 0.314. The van der Waals surface area contributed by atoms with Crippen molar-refractivity contribution in [3.8, 4) is 0 Å². The molecule has 0 amide bonds. The first-order valence-electron chi connectivity index (χ1n) is 2.53. The van der Waals surface area contributed by atoms with Crippen molar-refractivity contribution in [1.29, 1.82) is 0 Å². The maximum atomic E-state index is 8.57. The van der Waals surface area contributed by atoms with Crippen molar-refractivity contribution in [1.82, 2.24) is 5.32 Å². The summed E-state index contributed by atoms with van der Waals surface area (Å²) in [5, 5.41) is 19.3. The molecule has 0 heterocycles. The second-order valence-electron chi connectivity index (χ2n) is 1.44. The van der Waals surface area contributed by atoms with Gasteiger partial charge in [0.15, 0.2) is 0 Å². The quantitative estimate of drug-likeness (QED) is 0.319. The summed E-state index contributed by atoms with van der Waals surface area (Å²) >= 11 is 0. The standard InChI is InChI=1S/C4H12N2O2/c5-1-2-6-4(8)3-7/h4,6-8H,1-3,5H2. The molecule has 0 aliphatic heterocycles. The van der Waals surface area contributed by atoms with Crippen LogP contribution in [0.3, 0.4) is 0 Å². The molecule has 50 valence electrons. The van der Waals surface area contributed by atoms with E-state index in [0.29, 0.717) is 13.1 Å². The summed E-state index contributed by atoms with van der Waals surface area (Å²) in [7, 11) is 0. The van der Waals surface area contributed by atoms with E-state index >= 15 is 0 Å². The predicted octanol–water partition coefficient (Wildman–Crippen LogP) is -2.15. The van der Waals surface area contributed by atoms with Crippen LogP contribution in [0.25, 0.3) is 0 Å². The molecule has 0 fully saturated rings. The Kier molecular flexibility index (Phi) is 4.89. The van der Waals surface area contributed by atoms with Gasteiger partial charge in [-0.25, -0.2) is 0 Å². The molecule has 5 N–H and O–H groups in total. The van der Waals surface area contributed by atoms with Crippen LogP contribution in [0.1, 0.15) is 0 Å². The van der Waals surface area contributed by atoms with Crippen LogP contribution in [0.2, 0.25) is 0 Å². The van der Waals surface area contributed by atoms with Crippen molar-refractivity contribution >= 4 is 0 Å². The van der Waals surface area contributed by atoms with Gasteiger partial charge in [-0.1, -0.05) is 0 Å². The number of nitrogens with two attached hydrogens (primary N) is 1. The second-order valence-corrected chi connectivity index (χ2v) is 1.44. The minimum Gasteiger partial charge on any atom is -0.392 e. The number of rotatable bonds is 4. The van der Waals surface area contributed by atoms with E-state index in [2.05, 4.69) is 5.32 Å². The van der Waals surface area contributed by atoms with Gasteiger partial charge in [0.05, 0.1) is 6.61 Å². The molecule has 0 aromatic heterocycles. The molecular formula is C4H12N2O2. The van der Waals surface area contributed by atoms with Gasteiger partial charge < -0.3 is 15.9 Å². The Morgan fingerprint density at radius 2 is 2.25 bits per heavy atom. The first kappa shape index (κ1) is 7.84. The summed E-state index contributed by atoms with van der Waals surface area (Å²) in [6.45, 7) is 0.735. The van der Waals surface area contributed by atoms with Gasteiger partial charge in [-0.15, -0.1) is 0 Å². The lowest BCUT2D eigenvalue weighted by atomic mass is 10.5. The van der Waals surface area contributed by atoms with Gasteiger partial charge in [-0.05, 0) is 0 Å². The number of hydrogen-bond donors (Lipinski definition) is 4. The molecule has 0 bridgehead atoms. The third-order valence-corrected chi connectivity index (χ3v) is 0.697. The molecule has 4 nitrogen and oxygen atoms in total. The summed E-state index contributed by atoms with van der Waals surface area (Å²) in [6, 6.07) is 0. The Balaban J connectivity index is 2.86. The highest BCUT2D eigenvalue weighted by Crippen LogP contribution is 1.68. The lowest BCUT2D eigenvalue weighted by molar-refractivity contribution is 0.0691. The zero-order chi connectivity index (χ0) is 6.41. The van der Waals surface area contributed by atoms with Crippen molar-refractivity contribution < 1.29 is 10.2 Å². The second kappa shape index (κ2) is 4.99. The van der Waals surface area contributed by atoms with Crippen molar-refractivity contribution in [2.24, 2.45) is 5.73 Å². The van der Waals surface area contributed by atoms with Gasteiger partial charge in [-0.3, -0.25) is 5.32 Å². The third kappa shape index (κ3) is 4.01. The Bertz CT molecular complexity index is 51.3. The fraction of sp³-hybridized carbons (Fsp3) is 1.00. The van der Waals surface area contributed by atoms with Crippen molar-refractivity contribution in [3.05, 3.63) is 0 Å². The van der Waals surface area contributed by atoms with Gasteiger partial charge in [0, 0.05) is 13.1 Å². The fourth-order valence-electron chi connectivity index (χ4n) is 0.314. The highest BCUT2D eigenvalue weighted by molar-refractivity contribution is 4.49. The zero-order valence-electron chi connectivity index (χ0n) is 4.67. The molecule has 0 saturated heterocycles. The summed E-state index contributed by atoms with van der Waals surface area (Å²) in [4.78, 5) is 0. The highest BCUT2D eigenvalue weighted by atomic mass is 16.3. The molecule has 0 aliphatic rings. The molecule has 0 spiro atoms. The molecule has 4 heteroatoms. The van der Waals surface area contributed by atoms with Crippen LogP contribution in [0.4, 0.5) is 0 Å². The molecule has 0 aromatic rings. The lowest BCUT2D eigenvalue weighted by Gasteiger charge is -2.06. The Morgan fingerprint density at radius 1 is 1.62 bits per heavy atom. The predicted molar refractivity (Wildman–Crippen MR) is 30.1 cm³/mol. The maximum absolute atomic E-state index is 8.57. The van der Waals surface area contributed by atoms with Crippen molar-refractivity contribution in [2.75, 3.05) is 19.7 Å². The van der Waals surface area contributed by atoms with E-state index in [1.165, 1.54) is 0 Å². The minimum atomic E-state index is -0.821. The summed E-state index contributed by atoms with van der Waals surface area (Å²) < 4.78 is 0. The molecule has 0 aliphatic carbocycles. The normalized spacial score (nSPS) is 13.9. The summed E-state index contributed by atoms with van der Waals surface area (Å²) in [5.41, 5.74) is 5.08. The maximum Gasteiger partial charge on any atom is 0.128 e. The third-order valence-electron chi connectivity index (χ3n) is 0.697. The Hall–Kier alpha value is -0.160. The largest absolute Gasteiger partial charge is 0.392 e. The summed E-state index contributed by atoms with van der Waals surface area (Å²) in [6.07, 6.45) is -0.821. The van der Waals surface area contributed by atoms with Crippen LogP contribution < -0.4 is 11.1 Å². The van der Waals surface area contributed by atoms with E-state index in [0.717, 1.165) is 0 Å². The van der Waals surface area contributed by atoms with Gasteiger partial charge in [0.25, 0.3) is 0 Å². The number of nitrogens with one attached hydrogen (secondary N) is 1. The topological polar surface area (TPSA) is 78.5 Å². The Labute approximate surface area is 48.3 Å². The number of aliphatic hydroxyl groups is 2. The zero-order valence-corrected chi connectivity index (χ0v) is 4.67. The van der Waals surface area contributed by atoms with Crippen LogP contribution in [-0.2, 0) is 0 Å². The van der Waals surface area contributed by atoms with Crippen LogP contribution in [0, 0.1) is 0 Å². The molecule has 1 unspecified atom stereocenters.